The van der Waals surface area contributed by atoms with Crippen molar-refractivity contribution >= 4 is 32.9 Å². The highest BCUT2D eigenvalue weighted by Gasteiger charge is 2.34. The van der Waals surface area contributed by atoms with Crippen molar-refractivity contribution in [2.75, 3.05) is 10.8 Å². The van der Waals surface area contributed by atoms with Crippen LogP contribution in [0.2, 0.25) is 0 Å². The van der Waals surface area contributed by atoms with Crippen LogP contribution in [0.5, 0.6) is 0 Å². The molecule has 0 saturated heterocycles. The third-order valence-corrected chi connectivity index (χ3v) is 5.64. The van der Waals surface area contributed by atoms with Crippen LogP contribution in [0.15, 0.2) is 24.3 Å². The third kappa shape index (κ3) is 2.02. The number of hydrogen-bond donors (Lipinski definition) is 1. The number of nitrogens with two attached hydrogens (primary N) is 1. The standard InChI is InChI=1S/C11H14N2O2S2/c1-8(11(12)16)17(14,15)13-7-6-9-4-2-3-5-10(9)13/h2-5,8H,6-7H2,1H3,(H2,12,16). The molecule has 0 aromatic heterocycles. The van der Waals surface area contributed by atoms with Gasteiger partial charge < -0.3 is 5.73 Å². The van der Waals surface area contributed by atoms with Gasteiger partial charge in [0.05, 0.1) is 10.7 Å². The lowest BCUT2D eigenvalue weighted by molar-refractivity contribution is 0.589. The second-order valence-corrected chi connectivity index (χ2v) is 6.69. The fourth-order valence-corrected chi connectivity index (χ4v) is 3.75. The Morgan fingerprint density at radius 1 is 1.47 bits per heavy atom. The van der Waals surface area contributed by atoms with Crippen molar-refractivity contribution in [3.8, 4) is 0 Å². The Morgan fingerprint density at radius 3 is 2.76 bits per heavy atom. The summed E-state index contributed by atoms with van der Waals surface area (Å²) < 4.78 is 26.0. The average Bonchev–Trinajstić information content (AvgIpc) is 2.72. The highest BCUT2D eigenvalue weighted by Crippen LogP contribution is 2.31. The fraction of sp³-hybridized carbons (Fsp3) is 0.364. The van der Waals surface area contributed by atoms with Crippen molar-refractivity contribution < 1.29 is 8.42 Å². The van der Waals surface area contributed by atoms with Crippen LogP contribution >= 0.6 is 12.2 Å². The third-order valence-electron chi connectivity index (χ3n) is 3.00. The molecule has 2 N–H and O–H groups in total. The number of fused-ring (bicyclic) bond motifs is 1. The molecule has 1 unspecified atom stereocenters. The molecular weight excluding hydrogens is 256 g/mol. The SMILES string of the molecule is CC(C(N)=S)S(=O)(=O)N1CCc2ccccc21. The van der Waals surface area contributed by atoms with Gasteiger partial charge >= 0.3 is 0 Å². The van der Waals surface area contributed by atoms with Gasteiger partial charge in [0, 0.05) is 6.54 Å². The van der Waals surface area contributed by atoms with Gasteiger partial charge in [-0.25, -0.2) is 8.42 Å². The summed E-state index contributed by atoms with van der Waals surface area (Å²) in [6.45, 7) is 1.99. The van der Waals surface area contributed by atoms with E-state index in [0.717, 1.165) is 17.7 Å². The van der Waals surface area contributed by atoms with Crippen LogP contribution in [0, 0.1) is 0 Å². The van der Waals surface area contributed by atoms with Gasteiger partial charge in [0.25, 0.3) is 0 Å². The Balaban J connectivity index is 2.41. The van der Waals surface area contributed by atoms with Crippen LogP contribution in [0.3, 0.4) is 0 Å². The van der Waals surface area contributed by atoms with Crippen LogP contribution < -0.4 is 10.0 Å². The second-order valence-electron chi connectivity index (χ2n) is 4.04. The predicted octanol–water partition coefficient (Wildman–Crippen LogP) is 1.05. The van der Waals surface area contributed by atoms with Gasteiger partial charge in [-0.15, -0.1) is 0 Å². The molecule has 1 atom stereocenters. The molecule has 1 heterocycles. The maximum Gasteiger partial charge on any atom is 0.244 e. The van der Waals surface area contributed by atoms with E-state index in [2.05, 4.69) is 0 Å². The van der Waals surface area contributed by atoms with Gasteiger partial charge in [0.2, 0.25) is 10.0 Å². The normalized spacial score (nSPS) is 16.6. The van der Waals surface area contributed by atoms with Crippen LogP contribution in [0.4, 0.5) is 5.69 Å². The summed E-state index contributed by atoms with van der Waals surface area (Å²) in [6.07, 6.45) is 0.736. The van der Waals surface area contributed by atoms with E-state index in [1.807, 2.05) is 24.3 Å². The highest BCUT2D eigenvalue weighted by atomic mass is 32.2. The number of sulfonamides is 1. The van der Waals surface area contributed by atoms with Crippen molar-refractivity contribution in [2.24, 2.45) is 5.73 Å². The molecule has 4 nitrogen and oxygen atoms in total. The maximum absolute atomic E-state index is 12.3. The van der Waals surface area contributed by atoms with E-state index in [-0.39, 0.29) is 4.99 Å². The first-order chi connectivity index (χ1) is 7.94. The smallest absolute Gasteiger partial charge is 0.244 e. The lowest BCUT2D eigenvalue weighted by Crippen LogP contribution is -2.42. The Bertz CT molecular complexity index is 554. The topological polar surface area (TPSA) is 63.4 Å². The summed E-state index contributed by atoms with van der Waals surface area (Å²) in [4.78, 5) is 0.00869. The molecule has 1 aliphatic rings. The van der Waals surface area contributed by atoms with Crippen LogP contribution in [0.25, 0.3) is 0 Å². The molecule has 0 saturated carbocycles. The zero-order chi connectivity index (χ0) is 12.6. The van der Waals surface area contributed by atoms with E-state index < -0.39 is 15.3 Å². The van der Waals surface area contributed by atoms with Gasteiger partial charge in [-0.3, -0.25) is 4.31 Å². The molecule has 0 amide bonds. The summed E-state index contributed by atoms with van der Waals surface area (Å²) in [6, 6.07) is 7.49. The van der Waals surface area contributed by atoms with E-state index >= 15 is 0 Å². The molecule has 1 aromatic rings. The van der Waals surface area contributed by atoms with Crippen molar-refractivity contribution in [1.29, 1.82) is 0 Å². The lowest BCUT2D eigenvalue weighted by atomic mass is 10.2. The van der Waals surface area contributed by atoms with Crippen LogP contribution in [0.1, 0.15) is 12.5 Å². The summed E-state index contributed by atoms with van der Waals surface area (Å²) in [5.74, 6) is 0. The zero-order valence-corrected chi connectivity index (χ0v) is 11.1. The van der Waals surface area contributed by atoms with E-state index in [4.69, 9.17) is 18.0 Å². The van der Waals surface area contributed by atoms with E-state index in [0.29, 0.717) is 6.54 Å². The molecule has 0 spiro atoms. The van der Waals surface area contributed by atoms with E-state index in [9.17, 15) is 8.42 Å². The largest absolute Gasteiger partial charge is 0.392 e. The zero-order valence-electron chi connectivity index (χ0n) is 9.46. The monoisotopic (exact) mass is 270 g/mol. The van der Waals surface area contributed by atoms with Crippen LogP contribution in [-0.2, 0) is 16.4 Å². The van der Waals surface area contributed by atoms with Crippen molar-refractivity contribution in [3.63, 3.8) is 0 Å². The lowest BCUT2D eigenvalue weighted by Gasteiger charge is -2.23. The number of nitrogens with zero attached hydrogens (tertiary/aromatic N) is 1. The number of para-hydroxylation sites is 1. The molecule has 0 fully saturated rings. The van der Waals surface area contributed by atoms with Gasteiger partial charge in [-0.05, 0) is 25.0 Å². The van der Waals surface area contributed by atoms with Gasteiger partial charge in [0.15, 0.2) is 0 Å². The molecule has 2 rings (SSSR count). The molecule has 0 bridgehead atoms. The molecule has 1 aliphatic heterocycles. The molecule has 17 heavy (non-hydrogen) atoms. The predicted molar refractivity (Wildman–Crippen MR) is 72.7 cm³/mol. The number of thiocarbonyl (C=S) groups is 1. The highest BCUT2D eigenvalue weighted by molar-refractivity contribution is 7.95. The van der Waals surface area contributed by atoms with Crippen molar-refractivity contribution in [3.05, 3.63) is 29.8 Å². The van der Waals surface area contributed by atoms with E-state index in [1.165, 1.54) is 11.2 Å². The Hall–Kier alpha value is -1.14. The minimum absolute atomic E-state index is 0.00869. The average molecular weight is 270 g/mol. The summed E-state index contributed by atoms with van der Waals surface area (Å²) in [7, 11) is -3.48. The number of anilines is 1. The summed E-state index contributed by atoms with van der Waals surface area (Å²) in [5.41, 5.74) is 7.23. The van der Waals surface area contributed by atoms with Crippen molar-refractivity contribution in [2.45, 2.75) is 18.6 Å². The first kappa shape index (κ1) is 12.3. The van der Waals surface area contributed by atoms with Gasteiger partial charge in [-0.2, -0.15) is 0 Å². The number of benzene rings is 1. The first-order valence-electron chi connectivity index (χ1n) is 5.33. The minimum Gasteiger partial charge on any atom is -0.392 e. The van der Waals surface area contributed by atoms with Gasteiger partial charge in [0.1, 0.15) is 5.25 Å². The molecule has 0 aliphatic carbocycles. The number of hydrogen-bond acceptors (Lipinski definition) is 3. The Kier molecular flexibility index (Phi) is 3.09. The summed E-state index contributed by atoms with van der Waals surface area (Å²) in [5, 5.41) is -0.830. The second kappa shape index (κ2) is 4.27. The Morgan fingerprint density at radius 2 is 2.12 bits per heavy atom. The van der Waals surface area contributed by atoms with Crippen molar-refractivity contribution in [1.82, 2.24) is 0 Å². The van der Waals surface area contributed by atoms with Crippen LogP contribution in [-0.4, -0.2) is 25.2 Å². The molecule has 1 aromatic carbocycles. The number of rotatable bonds is 3. The van der Waals surface area contributed by atoms with E-state index in [1.54, 1.807) is 0 Å². The summed E-state index contributed by atoms with van der Waals surface area (Å²) >= 11 is 4.77. The Labute approximate surface area is 106 Å². The molecule has 0 radical (unpaired) electrons. The first-order valence-corrected chi connectivity index (χ1v) is 7.24. The molecule has 92 valence electrons. The maximum atomic E-state index is 12.3. The molecule has 6 heteroatoms. The minimum atomic E-state index is -3.48. The quantitative estimate of drug-likeness (QED) is 0.834. The fourth-order valence-electron chi connectivity index (χ4n) is 1.91. The van der Waals surface area contributed by atoms with Gasteiger partial charge in [-0.1, -0.05) is 30.4 Å². The molecular formula is C11H14N2O2S2.